The first kappa shape index (κ1) is 19.4. The maximum absolute atomic E-state index is 12.1. The third-order valence-electron chi connectivity index (χ3n) is 2.78. The van der Waals surface area contributed by atoms with Gasteiger partial charge < -0.3 is 19.6 Å². The Balaban J connectivity index is 0.00000242. The Morgan fingerprint density at radius 3 is 2.36 bits per heavy atom. The van der Waals surface area contributed by atoms with E-state index in [9.17, 15) is 19.7 Å². The Hall–Kier alpha value is -0.620. The zero-order valence-electron chi connectivity index (χ0n) is 12.4. The Morgan fingerprint density at radius 2 is 1.77 bits per heavy atom. The van der Waals surface area contributed by atoms with Crippen molar-refractivity contribution in [2.24, 2.45) is 0 Å². The quantitative estimate of drug-likeness (QED) is 0.613. The summed E-state index contributed by atoms with van der Waals surface area (Å²) in [7, 11) is 0. The van der Waals surface area contributed by atoms with Crippen molar-refractivity contribution in [2.45, 2.75) is 18.7 Å². The molecule has 2 rings (SSSR count). The van der Waals surface area contributed by atoms with Gasteiger partial charge in [0.15, 0.2) is 0 Å². The summed E-state index contributed by atoms with van der Waals surface area (Å²) >= 11 is 0.600. The van der Waals surface area contributed by atoms with Crippen LogP contribution in [0.2, 0.25) is 0 Å². The van der Waals surface area contributed by atoms with Crippen molar-refractivity contribution in [3.05, 3.63) is 47.5 Å². The van der Waals surface area contributed by atoms with Gasteiger partial charge in [0.2, 0.25) is 0 Å². The average molecular weight is 348 g/mol. The molecule has 0 heterocycles. The SMILES string of the molecule is Cc1ccc(OP(=O)(O)Sc2ccc(C)c(O)c2)cc1[O-].[Na+]. The van der Waals surface area contributed by atoms with Crippen LogP contribution in [0.1, 0.15) is 11.1 Å². The molecule has 0 spiro atoms. The molecule has 0 amide bonds. The first-order chi connectivity index (χ1) is 9.77. The predicted molar refractivity (Wildman–Crippen MR) is 79.8 cm³/mol. The summed E-state index contributed by atoms with van der Waals surface area (Å²) in [5.41, 5.74) is 1.20. The topological polar surface area (TPSA) is 89.8 Å². The molecule has 2 aromatic carbocycles. The van der Waals surface area contributed by atoms with Gasteiger partial charge in [0.25, 0.3) is 0 Å². The van der Waals surface area contributed by atoms with Crippen LogP contribution in [-0.4, -0.2) is 10.00 Å². The summed E-state index contributed by atoms with van der Waals surface area (Å²) in [6.07, 6.45) is 0. The fraction of sp³-hybridized carbons (Fsp3) is 0.143. The monoisotopic (exact) mass is 348 g/mol. The third kappa shape index (κ3) is 5.23. The van der Waals surface area contributed by atoms with Gasteiger partial charge in [-0.1, -0.05) is 17.7 Å². The molecule has 0 saturated heterocycles. The normalized spacial score (nSPS) is 13.0. The van der Waals surface area contributed by atoms with E-state index in [1.807, 2.05) is 0 Å². The smallest absolute Gasteiger partial charge is 0.872 e. The minimum absolute atomic E-state index is 0. The number of hydrogen-bond donors (Lipinski definition) is 2. The summed E-state index contributed by atoms with van der Waals surface area (Å²) < 4.78 is 17.1. The van der Waals surface area contributed by atoms with E-state index in [2.05, 4.69) is 0 Å². The van der Waals surface area contributed by atoms with E-state index in [0.717, 1.165) is 0 Å². The molecule has 8 heteroatoms. The molecule has 0 aromatic heterocycles. The van der Waals surface area contributed by atoms with Crippen LogP contribution in [0.5, 0.6) is 17.2 Å². The second kappa shape index (κ2) is 7.77. The standard InChI is InChI=1S/C14H15O5PS.Na/c1-9-3-5-11(7-13(9)15)19-20(17,18)21-12-6-4-10(2)14(16)8-12;/h3-8,15-16H,1-2H3,(H,17,18);/q;+1/p-1. The zero-order valence-corrected chi connectivity index (χ0v) is 16.1. The first-order valence-corrected chi connectivity index (χ1v) is 9.06. The van der Waals surface area contributed by atoms with Crippen molar-refractivity contribution in [2.75, 3.05) is 0 Å². The summed E-state index contributed by atoms with van der Waals surface area (Å²) in [5, 5.41) is 21.1. The summed E-state index contributed by atoms with van der Waals surface area (Å²) in [6, 6.07) is 8.80. The largest absolute Gasteiger partial charge is 1.00 e. The number of aromatic hydroxyl groups is 1. The van der Waals surface area contributed by atoms with Crippen LogP contribution >= 0.6 is 18.2 Å². The minimum Gasteiger partial charge on any atom is -0.872 e. The zero-order chi connectivity index (χ0) is 15.6. The second-order valence-corrected chi connectivity index (χ2v) is 8.23. The molecule has 22 heavy (non-hydrogen) atoms. The van der Waals surface area contributed by atoms with Crippen LogP contribution in [-0.2, 0) is 4.57 Å². The van der Waals surface area contributed by atoms with Crippen molar-refractivity contribution >= 4 is 18.2 Å². The van der Waals surface area contributed by atoms with Gasteiger partial charge in [-0.3, -0.25) is 0 Å². The molecule has 0 aliphatic heterocycles. The van der Waals surface area contributed by atoms with E-state index in [0.29, 0.717) is 27.4 Å². The van der Waals surface area contributed by atoms with Crippen molar-refractivity contribution in [1.29, 1.82) is 0 Å². The number of benzene rings is 2. The molecule has 0 saturated carbocycles. The fourth-order valence-electron chi connectivity index (χ4n) is 1.57. The number of aryl methyl sites for hydroxylation is 2. The number of rotatable bonds is 4. The molecule has 2 N–H and O–H groups in total. The van der Waals surface area contributed by atoms with Gasteiger partial charge in [0.1, 0.15) is 11.5 Å². The van der Waals surface area contributed by atoms with Gasteiger partial charge in [0, 0.05) is 16.3 Å². The number of phenolic OH excluding ortho intramolecular Hbond substituents is 1. The van der Waals surface area contributed by atoms with Gasteiger partial charge in [-0.15, -0.1) is 5.75 Å². The van der Waals surface area contributed by atoms with Crippen LogP contribution in [0.25, 0.3) is 0 Å². The third-order valence-corrected chi connectivity index (χ3v) is 5.47. The number of hydrogen-bond acceptors (Lipinski definition) is 5. The van der Waals surface area contributed by atoms with E-state index >= 15 is 0 Å². The van der Waals surface area contributed by atoms with E-state index in [4.69, 9.17) is 4.52 Å². The summed E-state index contributed by atoms with van der Waals surface area (Å²) in [5.74, 6) is -0.178. The van der Waals surface area contributed by atoms with Crippen LogP contribution < -0.4 is 39.2 Å². The van der Waals surface area contributed by atoms with Crippen LogP contribution in [0, 0.1) is 13.8 Å². The maximum atomic E-state index is 12.1. The van der Waals surface area contributed by atoms with Gasteiger partial charge in [-0.2, -0.15) is 0 Å². The minimum atomic E-state index is -4.04. The van der Waals surface area contributed by atoms with E-state index in [1.54, 1.807) is 26.0 Å². The van der Waals surface area contributed by atoms with Gasteiger partial charge in [-0.25, -0.2) is 4.57 Å². The maximum Gasteiger partial charge on any atom is 1.00 e. The number of phenols is 1. The Labute approximate surface area is 154 Å². The molecule has 5 nitrogen and oxygen atoms in total. The average Bonchev–Trinajstić information content (AvgIpc) is 2.37. The molecular weight excluding hydrogens is 334 g/mol. The molecule has 1 atom stereocenters. The van der Waals surface area contributed by atoms with E-state index in [1.165, 1.54) is 24.3 Å². The van der Waals surface area contributed by atoms with Crippen LogP contribution in [0.3, 0.4) is 0 Å². The van der Waals surface area contributed by atoms with E-state index in [-0.39, 0.29) is 46.8 Å². The van der Waals surface area contributed by atoms with Crippen molar-refractivity contribution in [3.63, 3.8) is 0 Å². The van der Waals surface area contributed by atoms with Gasteiger partial charge in [-0.05, 0) is 43.7 Å². The first-order valence-electron chi connectivity index (χ1n) is 6.06. The molecule has 0 bridgehead atoms. The molecule has 2 aromatic rings. The molecular formula is C14H14NaO5PS. The Morgan fingerprint density at radius 1 is 1.14 bits per heavy atom. The summed E-state index contributed by atoms with van der Waals surface area (Å²) in [4.78, 5) is 10.3. The second-order valence-electron chi connectivity index (χ2n) is 4.53. The molecule has 0 fully saturated rings. The molecule has 0 radical (unpaired) electrons. The van der Waals surface area contributed by atoms with Crippen LogP contribution in [0.4, 0.5) is 0 Å². The molecule has 0 aliphatic carbocycles. The van der Waals surface area contributed by atoms with Crippen molar-refractivity contribution < 1.29 is 53.8 Å². The molecule has 112 valence electrons. The van der Waals surface area contributed by atoms with Gasteiger partial charge >= 0.3 is 36.4 Å². The van der Waals surface area contributed by atoms with Crippen LogP contribution in [0.15, 0.2) is 41.3 Å². The fourth-order valence-corrected chi connectivity index (χ4v) is 4.06. The summed E-state index contributed by atoms with van der Waals surface area (Å²) in [6.45, 7) is -0.669. The Kier molecular flexibility index (Phi) is 6.86. The van der Waals surface area contributed by atoms with Gasteiger partial charge in [0.05, 0.1) is 0 Å². The Bertz CT molecular complexity index is 665. The van der Waals surface area contributed by atoms with E-state index < -0.39 is 6.80 Å². The molecule has 1 unspecified atom stereocenters. The van der Waals surface area contributed by atoms with Crippen molar-refractivity contribution in [1.82, 2.24) is 0 Å². The molecule has 0 aliphatic rings. The predicted octanol–water partition coefficient (Wildman–Crippen LogP) is 0.358. The van der Waals surface area contributed by atoms with Crippen molar-refractivity contribution in [3.8, 4) is 17.2 Å².